The zero-order chi connectivity index (χ0) is 16.7. The van der Waals surface area contributed by atoms with E-state index >= 15 is 0 Å². The van der Waals surface area contributed by atoms with Gasteiger partial charge in [0.2, 0.25) is 5.91 Å². The molecule has 0 atom stereocenters. The lowest BCUT2D eigenvalue weighted by Crippen LogP contribution is -2.38. The highest BCUT2D eigenvalue weighted by atomic mass is 32.1. The number of urea groups is 1. The predicted molar refractivity (Wildman–Crippen MR) is 88.4 cm³/mol. The summed E-state index contributed by atoms with van der Waals surface area (Å²) in [6, 6.07) is 6.41. The lowest BCUT2D eigenvalue weighted by molar-refractivity contribution is -0.120. The van der Waals surface area contributed by atoms with E-state index in [0.717, 1.165) is 5.56 Å². The molecule has 6 N–H and O–H groups in total. The molecule has 0 aliphatic rings. The van der Waals surface area contributed by atoms with Gasteiger partial charge in [0.25, 0.3) is 0 Å². The molecule has 23 heavy (non-hydrogen) atoms. The van der Waals surface area contributed by atoms with Crippen LogP contribution >= 0.6 is 11.3 Å². The van der Waals surface area contributed by atoms with Crippen LogP contribution in [0.4, 0.5) is 9.80 Å². The number of nitrogens with one attached hydrogen (secondary N) is 4. The van der Waals surface area contributed by atoms with Crippen molar-refractivity contribution < 1.29 is 9.59 Å². The summed E-state index contributed by atoms with van der Waals surface area (Å²) in [6.07, 6.45) is 3.31. The summed E-state index contributed by atoms with van der Waals surface area (Å²) >= 11 is 1.18. The van der Waals surface area contributed by atoms with Gasteiger partial charge in [0, 0.05) is 18.9 Å². The monoisotopic (exact) mass is 332 g/mol. The largest absolute Gasteiger partial charge is 0.383 e. The number of nitrogen functional groups attached to an aromatic ring is 1. The molecule has 0 bridgehead atoms. The molecule has 0 aromatic carbocycles. The normalized spacial score (nSPS) is 9.91. The van der Waals surface area contributed by atoms with Gasteiger partial charge < -0.3 is 16.4 Å². The van der Waals surface area contributed by atoms with Crippen LogP contribution in [-0.4, -0.2) is 29.3 Å². The van der Waals surface area contributed by atoms with Gasteiger partial charge in [-0.3, -0.25) is 20.5 Å². The number of hydrogen-bond donors (Lipinski definition) is 5. The predicted octanol–water partition coefficient (Wildman–Crippen LogP) is 0.865. The Labute approximate surface area is 136 Å². The van der Waals surface area contributed by atoms with Crippen molar-refractivity contribution in [2.75, 3.05) is 11.9 Å². The number of hydrogen-bond acceptors (Lipinski definition) is 5. The Hall–Kier alpha value is -2.94. The van der Waals surface area contributed by atoms with Crippen LogP contribution in [-0.2, 0) is 11.3 Å². The fourth-order valence-electron chi connectivity index (χ4n) is 1.63. The number of pyridine rings is 1. The molecule has 0 saturated carbocycles. The molecule has 120 valence electrons. The first kappa shape index (κ1) is 16.4. The Morgan fingerprint density at radius 1 is 1.26 bits per heavy atom. The smallest absolute Gasteiger partial charge is 0.320 e. The number of carbonyl (C=O) groups excluding carboxylic acids is 2. The van der Waals surface area contributed by atoms with Crippen LogP contribution in [0.3, 0.4) is 0 Å². The Morgan fingerprint density at radius 3 is 2.74 bits per heavy atom. The van der Waals surface area contributed by atoms with Crippen molar-refractivity contribution in [3.8, 4) is 0 Å². The maximum Gasteiger partial charge on any atom is 0.320 e. The number of thiophene rings is 1. The number of amidine groups is 1. The quantitative estimate of drug-likeness (QED) is 0.396. The first-order valence-corrected chi connectivity index (χ1v) is 7.51. The number of rotatable bonds is 6. The maximum atomic E-state index is 11.7. The maximum absolute atomic E-state index is 11.7. The van der Waals surface area contributed by atoms with Crippen LogP contribution in [0.2, 0.25) is 0 Å². The van der Waals surface area contributed by atoms with Crippen molar-refractivity contribution in [1.82, 2.24) is 15.6 Å². The van der Waals surface area contributed by atoms with E-state index in [9.17, 15) is 9.59 Å². The van der Waals surface area contributed by atoms with E-state index in [-0.39, 0.29) is 18.3 Å². The number of amides is 3. The minimum atomic E-state index is -0.501. The first-order valence-electron chi connectivity index (χ1n) is 6.69. The SMILES string of the molecule is N=C(N)c1ccc(NC(=O)NCC(=O)NCc2cccnc2)s1. The fourth-order valence-corrected chi connectivity index (χ4v) is 2.40. The zero-order valence-electron chi connectivity index (χ0n) is 12.1. The molecule has 0 fully saturated rings. The standard InChI is InChI=1S/C14H16N6O2S/c15-13(16)10-3-4-12(23-10)20-14(22)19-8-11(21)18-7-9-2-1-5-17-6-9/h1-6H,7-8H2,(H3,15,16)(H,18,21)(H2,19,20,22). The third kappa shape index (κ3) is 5.40. The molecule has 0 radical (unpaired) electrons. The van der Waals surface area contributed by atoms with Crippen molar-refractivity contribution >= 4 is 34.1 Å². The topological polar surface area (TPSA) is 133 Å². The molecule has 0 spiro atoms. The molecule has 0 aliphatic carbocycles. The summed E-state index contributed by atoms with van der Waals surface area (Å²) in [4.78, 5) is 27.8. The molecule has 2 aromatic heterocycles. The summed E-state index contributed by atoms with van der Waals surface area (Å²) in [5.41, 5.74) is 6.22. The Bertz CT molecular complexity index is 700. The van der Waals surface area contributed by atoms with Gasteiger partial charge in [0.1, 0.15) is 5.84 Å². The van der Waals surface area contributed by atoms with Gasteiger partial charge in [-0.05, 0) is 23.8 Å². The molecule has 2 rings (SSSR count). The van der Waals surface area contributed by atoms with Crippen molar-refractivity contribution in [3.63, 3.8) is 0 Å². The van der Waals surface area contributed by atoms with Crippen LogP contribution in [0, 0.1) is 5.41 Å². The van der Waals surface area contributed by atoms with Crippen LogP contribution in [0.25, 0.3) is 0 Å². The molecular formula is C14H16N6O2S. The number of aromatic nitrogens is 1. The van der Waals surface area contributed by atoms with E-state index in [4.69, 9.17) is 11.1 Å². The van der Waals surface area contributed by atoms with E-state index < -0.39 is 6.03 Å². The highest BCUT2D eigenvalue weighted by Gasteiger charge is 2.08. The van der Waals surface area contributed by atoms with Gasteiger partial charge in [0.15, 0.2) is 0 Å². The second kappa shape index (κ2) is 7.90. The van der Waals surface area contributed by atoms with Gasteiger partial charge in [-0.1, -0.05) is 6.07 Å². The van der Waals surface area contributed by atoms with Crippen molar-refractivity contribution in [1.29, 1.82) is 5.41 Å². The van der Waals surface area contributed by atoms with E-state index in [1.165, 1.54) is 11.3 Å². The average molecular weight is 332 g/mol. The minimum absolute atomic E-state index is 0.0572. The number of nitrogens with two attached hydrogens (primary N) is 1. The van der Waals surface area contributed by atoms with E-state index in [1.807, 2.05) is 6.07 Å². The van der Waals surface area contributed by atoms with Crippen LogP contribution in [0.5, 0.6) is 0 Å². The Kier molecular flexibility index (Phi) is 5.64. The zero-order valence-corrected chi connectivity index (χ0v) is 12.9. The van der Waals surface area contributed by atoms with Crippen LogP contribution < -0.4 is 21.7 Å². The summed E-state index contributed by atoms with van der Waals surface area (Å²) in [7, 11) is 0. The molecule has 0 unspecified atom stereocenters. The molecule has 9 heteroatoms. The summed E-state index contributed by atoms with van der Waals surface area (Å²) in [6.45, 7) is 0.208. The molecular weight excluding hydrogens is 316 g/mol. The van der Waals surface area contributed by atoms with Gasteiger partial charge in [-0.25, -0.2) is 4.79 Å². The summed E-state index contributed by atoms with van der Waals surface area (Å²) < 4.78 is 0. The Balaban J connectivity index is 1.71. The van der Waals surface area contributed by atoms with Crippen molar-refractivity contribution in [3.05, 3.63) is 47.1 Å². The summed E-state index contributed by atoms with van der Waals surface area (Å²) in [5.74, 6) is -0.363. The molecule has 0 saturated heterocycles. The molecule has 2 aromatic rings. The highest BCUT2D eigenvalue weighted by Crippen LogP contribution is 2.20. The minimum Gasteiger partial charge on any atom is -0.383 e. The van der Waals surface area contributed by atoms with Gasteiger partial charge in [0.05, 0.1) is 16.4 Å². The first-order chi connectivity index (χ1) is 11.0. The van der Waals surface area contributed by atoms with E-state index in [2.05, 4.69) is 20.9 Å². The van der Waals surface area contributed by atoms with Gasteiger partial charge in [-0.15, -0.1) is 11.3 Å². The highest BCUT2D eigenvalue weighted by molar-refractivity contribution is 7.18. The van der Waals surface area contributed by atoms with Gasteiger partial charge in [-0.2, -0.15) is 0 Å². The van der Waals surface area contributed by atoms with Crippen LogP contribution in [0.1, 0.15) is 10.4 Å². The van der Waals surface area contributed by atoms with Crippen LogP contribution in [0.15, 0.2) is 36.7 Å². The second-order valence-electron chi connectivity index (χ2n) is 4.52. The van der Waals surface area contributed by atoms with E-state index in [0.29, 0.717) is 16.4 Å². The summed E-state index contributed by atoms with van der Waals surface area (Å²) in [5, 5.41) is 15.5. The van der Waals surface area contributed by atoms with Crippen molar-refractivity contribution in [2.24, 2.45) is 5.73 Å². The number of nitrogens with zero attached hydrogens (tertiary/aromatic N) is 1. The lowest BCUT2D eigenvalue weighted by atomic mass is 10.3. The fraction of sp³-hybridized carbons (Fsp3) is 0.143. The van der Waals surface area contributed by atoms with Gasteiger partial charge >= 0.3 is 6.03 Å². The lowest BCUT2D eigenvalue weighted by Gasteiger charge is -2.07. The van der Waals surface area contributed by atoms with Crippen molar-refractivity contribution in [2.45, 2.75) is 6.54 Å². The Morgan fingerprint density at radius 2 is 2.09 bits per heavy atom. The second-order valence-corrected chi connectivity index (χ2v) is 5.61. The number of carbonyl (C=O) groups is 2. The average Bonchev–Trinajstić information content (AvgIpc) is 3.00. The van der Waals surface area contributed by atoms with E-state index in [1.54, 1.807) is 30.6 Å². The molecule has 3 amide bonds. The number of anilines is 1. The molecule has 0 aliphatic heterocycles. The molecule has 2 heterocycles. The third-order valence-corrected chi connectivity index (χ3v) is 3.76. The molecule has 8 nitrogen and oxygen atoms in total. The third-order valence-electron chi connectivity index (χ3n) is 2.73.